The molecular weight excluding hydrogens is 519 g/mol. The fraction of sp³-hybridized carbons (Fsp3) is 0.226. The molecule has 0 fully saturated rings. The monoisotopic (exact) mass is 545 g/mol. The molecule has 0 atom stereocenters. The van der Waals surface area contributed by atoms with Gasteiger partial charge in [-0.15, -0.1) is 11.3 Å². The molecule has 0 saturated heterocycles. The van der Waals surface area contributed by atoms with Crippen LogP contribution in [0.15, 0.2) is 60.7 Å². The normalized spacial score (nSPS) is 13.6. The van der Waals surface area contributed by atoms with E-state index in [1.54, 1.807) is 17.4 Å². The molecule has 8 heteroatoms. The van der Waals surface area contributed by atoms with Gasteiger partial charge in [-0.1, -0.05) is 30.3 Å². The number of hydrogen-bond acceptors (Lipinski definition) is 3. The van der Waals surface area contributed by atoms with E-state index in [0.717, 1.165) is 59.8 Å². The number of amides is 1. The second-order valence-corrected chi connectivity index (χ2v) is 10.7. The molecule has 1 aliphatic carbocycles. The Kier molecular flexibility index (Phi) is 7.19. The summed E-state index contributed by atoms with van der Waals surface area (Å²) in [5, 5.41) is 13.7. The minimum Gasteiger partial charge on any atom is -0.322 e. The molecular formula is C31H26F3N3OS. The van der Waals surface area contributed by atoms with E-state index >= 15 is 0 Å². The highest BCUT2D eigenvalue weighted by Crippen LogP contribution is 2.40. The van der Waals surface area contributed by atoms with Crippen molar-refractivity contribution in [3.05, 3.63) is 105 Å². The van der Waals surface area contributed by atoms with Crippen molar-refractivity contribution in [3.8, 4) is 11.1 Å². The molecule has 2 aromatic heterocycles. The lowest BCUT2D eigenvalue weighted by Gasteiger charge is -2.14. The average molecular weight is 546 g/mol. The number of aryl methyl sites for hydroxylation is 2. The number of anilines is 1. The number of thiophene rings is 1. The highest BCUT2D eigenvalue weighted by molar-refractivity contribution is 7.15. The lowest BCUT2D eigenvalue weighted by Crippen LogP contribution is -2.17. The Labute approximate surface area is 229 Å². The zero-order chi connectivity index (χ0) is 27.7. The Morgan fingerprint density at radius 3 is 2.51 bits per heavy atom. The second-order valence-electron chi connectivity index (χ2n) is 9.62. The molecule has 2 heterocycles. The van der Waals surface area contributed by atoms with Crippen molar-refractivity contribution in [3.63, 3.8) is 0 Å². The summed E-state index contributed by atoms with van der Waals surface area (Å²) in [7, 11) is 0. The van der Waals surface area contributed by atoms with Gasteiger partial charge in [0.2, 0.25) is 0 Å². The molecule has 2 aromatic carbocycles. The van der Waals surface area contributed by atoms with Gasteiger partial charge in [-0.2, -0.15) is 18.4 Å². The number of aromatic nitrogens is 1. The van der Waals surface area contributed by atoms with Gasteiger partial charge in [-0.25, -0.2) is 0 Å². The standard InChI is InChI=1S/C31H26F3N3OS/c1-19-15-22(16-23(18-35)21-9-8-10-24(17-21)31(32,33)34)20(2)37(19)30-28(26-13-6-7-14-27(26)39-30)29(38)36-25-11-4-3-5-12-25/h3-5,8-12,15-17H,6-7,13-14H2,1-2H3,(H,36,38)/b23-16-. The fourth-order valence-corrected chi connectivity index (χ4v) is 6.60. The van der Waals surface area contributed by atoms with Gasteiger partial charge in [-0.05, 0) is 92.6 Å². The summed E-state index contributed by atoms with van der Waals surface area (Å²) in [6, 6.07) is 18.1. The highest BCUT2D eigenvalue weighted by Gasteiger charge is 2.31. The largest absolute Gasteiger partial charge is 0.416 e. The Morgan fingerprint density at radius 1 is 1.05 bits per heavy atom. The molecule has 0 saturated carbocycles. The predicted molar refractivity (Wildman–Crippen MR) is 149 cm³/mol. The van der Waals surface area contributed by atoms with Gasteiger partial charge in [0, 0.05) is 22.0 Å². The summed E-state index contributed by atoms with van der Waals surface area (Å²) in [4.78, 5) is 14.8. The zero-order valence-corrected chi connectivity index (χ0v) is 22.3. The molecule has 1 aliphatic rings. The quantitative estimate of drug-likeness (QED) is 0.256. The molecule has 4 aromatic rings. The number of allylic oxidation sites excluding steroid dienone is 1. The SMILES string of the molecule is Cc1cc(/C=C(/C#N)c2cccc(C(F)(F)F)c2)c(C)n1-c1sc2c(c1C(=O)Nc1ccccc1)CCCC2. The third-order valence-electron chi connectivity index (χ3n) is 7.01. The fourth-order valence-electron chi connectivity index (χ4n) is 5.10. The number of fused-ring (bicyclic) bond motifs is 1. The summed E-state index contributed by atoms with van der Waals surface area (Å²) in [6.07, 6.45) is 0.976. The van der Waals surface area contributed by atoms with Gasteiger partial charge < -0.3 is 9.88 Å². The maximum atomic E-state index is 13.6. The summed E-state index contributed by atoms with van der Waals surface area (Å²) < 4.78 is 41.8. The molecule has 0 spiro atoms. The van der Waals surface area contributed by atoms with Crippen LogP contribution in [0, 0.1) is 25.2 Å². The number of halogens is 3. The van der Waals surface area contributed by atoms with Crippen molar-refractivity contribution >= 4 is 34.6 Å². The number of nitriles is 1. The van der Waals surface area contributed by atoms with Crippen LogP contribution in [0.25, 0.3) is 16.7 Å². The van der Waals surface area contributed by atoms with E-state index in [0.29, 0.717) is 16.8 Å². The van der Waals surface area contributed by atoms with E-state index in [9.17, 15) is 23.2 Å². The maximum absolute atomic E-state index is 13.6. The lowest BCUT2D eigenvalue weighted by molar-refractivity contribution is -0.137. The third kappa shape index (κ3) is 5.27. The van der Waals surface area contributed by atoms with Crippen molar-refractivity contribution < 1.29 is 18.0 Å². The average Bonchev–Trinajstić information content (AvgIpc) is 3.43. The van der Waals surface area contributed by atoms with E-state index in [2.05, 4.69) is 11.4 Å². The molecule has 0 unspecified atom stereocenters. The third-order valence-corrected chi connectivity index (χ3v) is 8.28. The number of carbonyl (C=O) groups excluding carboxylic acids is 1. The van der Waals surface area contributed by atoms with Crippen LogP contribution in [0.3, 0.4) is 0 Å². The molecule has 0 aliphatic heterocycles. The van der Waals surface area contributed by atoms with Crippen LogP contribution in [-0.4, -0.2) is 10.5 Å². The molecule has 0 bridgehead atoms. The van der Waals surface area contributed by atoms with Crippen LogP contribution >= 0.6 is 11.3 Å². The summed E-state index contributed by atoms with van der Waals surface area (Å²) >= 11 is 1.61. The minimum atomic E-state index is -4.50. The first kappa shape index (κ1) is 26.5. The Hall–Kier alpha value is -4.09. The van der Waals surface area contributed by atoms with Gasteiger partial charge in [-0.3, -0.25) is 4.79 Å². The van der Waals surface area contributed by atoms with Crippen molar-refractivity contribution in [2.24, 2.45) is 0 Å². The number of para-hydroxylation sites is 1. The van der Waals surface area contributed by atoms with E-state index in [1.807, 2.05) is 54.8 Å². The molecule has 1 amide bonds. The van der Waals surface area contributed by atoms with Gasteiger partial charge in [0.25, 0.3) is 5.91 Å². The van der Waals surface area contributed by atoms with Gasteiger partial charge in [0.1, 0.15) is 5.00 Å². The predicted octanol–water partition coefficient (Wildman–Crippen LogP) is 8.37. The van der Waals surface area contributed by atoms with Crippen LogP contribution < -0.4 is 5.32 Å². The van der Waals surface area contributed by atoms with E-state index < -0.39 is 11.7 Å². The highest BCUT2D eigenvalue weighted by atomic mass is 32.1. The van der Waals surface area contributed by atoms with Crippen molar-refractivity contribution in [1.82, 2.24) is 4.57 Å². The first-order valence-electron chi connectivity index (χ1n) is 12.7. The number of benzene rings is 2. The molecule has 5 rings (SSSR count). The maximum Gasteiger partial charge on any atom is 0.416 e. The van der Waals surface area contributed by atoms with Gasteiger partial charge in [0.05, 0.1) is 22.8 Å². The molecule has 0 radical (unpaired) electrons. The lowest BCUT2D eigenvalue weighted by atomic mass is 9.95. The van der Waals surface area contributed by atoms with E-state index in [-0.39, 0.29) is 17.0 Å². The number of nitrogens with one attached hydrogen (secondary N) is 1. The number of rotatable bonds is 5. The molecule has 198 valence electrons. The van der Waals surface area contributed by atoms with Crippen molar-refractivity contribution in [2.75, 3.05) is 5.32 Å². The Morgan fingerprint density at radius 2 is 1.79 bits per heavy atom. The smallest absolute Gasteiger partial charge is 0.322 e. The number of carbonyl (C=O) groups is 1. The number of nitrogens with zero attached hydrogens (tertiary/aromatic N) is 2. The van der Waals surface area contributed by atoms with Crippen LogP contribution in [0.4, 0.5) is 18.9 Å². The second kappa shape index (κ2) is 10.6. The van der Waals surface area contributed by atoms with Gasteiger partial charge >= 0.3 is 6.18 Å². The van der Waals surface area contributed by atoms with Crippen LogP contribution in [0.5, 0.6) is 0 Å². The topological polar surface area (TPSA) is 57.8 Å². The first-order chi connectivity index (χ1) is 18.7. The molecule has 4 nitrogen and oxygen atoms in total. The van der Waals surface area contributed by atoms with Crippen LogP contribution in [-0.2, 0) is 19.0 Å². The van der Waals surface area contributed by atoms with E-state index in [4.69, 9.17) is 0 Å². The van der Waals surface area contributed by atoms with Crippen LogP contribution in [0.2, 0.25) is 0 Å². The van der Waals surface area contributed by atoms with Crippen molar-refractivity contribution in [2.45, 2.75) is 45.7 Å². The van der Waals surface area contributed by atoms with Crippen LogP contribution in [0.1, 0.15) is 61.7 Å². The van der Waals surface area contributed by atoms with Crippen molar-refractivity contribution in [1.29, 1.82) is 5.26 Å². The van der Waals surface area contributed by atoms with Gasteiger partial charge in [0.15, 0.2) is 0 Å². The van der Waals surface area contributed by atoms with E-state index in [1.165, 1.54) is 17.0 Å². The molecule has 39 heavy (non-hydrogen) atoms. The zero-order valence-electron chi connectivity index (χ0n) is 21.5. The number of alkyl halides is 3. The first-order valence-corrected chi connectivity index (χ1v) is 13.5. The minimum absolute atomic E-state index is 0.133. The summed E-state index contributed by atoms with van der Waals surface area (Å²) in [5.74, 6) is -0.165. The Balaban J connectivity index is 1.59. The summed E-state index contributed by atoms with van der Waals surface area (Å²) in [6.45, 7) is 3.83. The summed E-state index contributed by atoms with van der Waals surface area (Å²) in [5.41, 5.74) is 4.38. The molecule has 1 N–H and O–H groups in total. The number of hydrogen-bond donors (Lipinski definition) is 1. The Bertz CT molecular complexity index is 1620.